The van der Waals surface area contributed by atoms with Gasteiger partial charge in [0.1, 0.15) is 5.58 Å². The van der Waals surface area contributed by atoms with Gasteiger partial charge in [0.05, 0.1) is 18.7 Å². The highest BCUT2D eigenvalue weighted by atomic mass is 16.3. The number of rotatable bonds is 4. The molecular formula is C24H27NO2. The minimum Gasteiger partial charge on any atom is -0.464 e. The molecule has 1 heterocycles. The van der Waals surface area contributed by atoms with Crippen molar-refractivity contribution in [3.8, 4) is 0 Å². The average Bonchev–Trinajstić information content (AvgIpc) is 3.02. The smallest absolute Gasteiger partial charge is 0.225 e. The number of carbonyl (C=O) groups is 1. The highest BCUT2D eigenvalue weighted by Crippen LogP contribution is 2.31. The highest BCUT2D eigenvalue weighted by molar-refractivity contribution is 5.88. The Kier molecular flexibility index (Phi) is 4.77. The topological polar surface area (TPSA) is 42.2 Å². The van der Waals surface area contributed by atoms with E-state index in [1.807, 2.05) is 0 Å². The van der Waals surface area contributed by atoms with Crippen LogP contribution in [0.2, 0.25) is 0 Å². The Bertz CT molecular complexity index is 983. The largest absolute Gasteiger partial charge is 0.464 e. The van der Waals surface area contributed by atoms with Crippen molar-refractivity contribution in [1.82, 2.24) is 5.32 Å². The van der Waals surface area contributed by atoms with Crippen molar-refractivity contribution in [1.29, 1.82) is 0 Å². The Hall–Kier alpha value is -2.55. The molecule has 27 heavy (non-hydrogen) atoms. The molecule has 3 nitrogen and oxygen atoms in total. The zero-order valence-electron chi connectivity index (χ0n) is 16.3. The van der Waals surface area contributed by atoms with E-state index in [4.69, 9.17) is 4.42 Å². The molecule has 0 spiro atoms. The van der Waals surface area contributed by atoms with E-state index in [1.54, 1.807) is 6.26 Å². The summed E-state index contributed by atoms with van der Waals surface area (Å²) in [6.45, 7) is 6.51. The average molecular weight is 361 g/mol. The van der Waals surface area contributed by atoms with Gasteiger partial charge >= 0.3 is 0 Å². The Balaban J connectivity index is 1.55. The molecule has 0 aliphatic heterocycles. The van der Waals surface area contributed by atoms with Gasteiger partial charge in [0.15, 0.2) is 0 Å². The highest BCUT2D eigenvalue weighted by Gasteiger charge is 2.22. The number of benzene rings is 2. The quantitative estimate of drug-likeness (QED) is 0.657. The minimum absolute atomic E-state index is 0.0612. The molecule has 0 bridgehead atoms. The molecule has 1 aromatic heterocycles. The van der Waals surface area contributed by atoms with Crippen LogP contribution in [-0.4, -0.2) is 5.91 Å². The van der Waals surface area contributed by atoms with Crippen LogP contribution in [0.1, 0.15) is 66.5 Å². The number of aryl methyl sites for hydroxylation is 2. The Morgan fingerprint density at radius 3 is 2.89 bits per heavy atom. The Morgan fingerprint density at radius 2 is 2.07 bits per heavy atom. The van der Waals surface area contributed by atoms with Gasteiger partial charge in [-0.05, 0) is 66.5 Å². The fourth-order valence-electron chi connectivity index (χ4n) is 4.33. The fraction of sp³-hybridized carbons (Fsp3) is 0.375. The molecule has 0 saturated heterocycles. The van der Waals surface area contributed by atoms with E-state index in [-0.39, 0.29) is 11.9 Å². The van der Waals surface area contributed by atoms with Crippen molar-refractivity contribution in [2.45, 2.75) is 58.4 Å². The summed E-state index contributed by atoms with van der Waals surface area (Å²) in [7, 11) is 0. The van der Waals surface area contributed by atoms with Crippen molar-refractivity contribution in [3.63, 3.8) is 0 Å². The van der Waals surface area contributed by atoms with Crippen LogP contribution in [0.5, 0.6) is 0 Å². The van der Waals surface area contributed by atoms with Crippen molar-refractivity contribution in [2.75, 3.05) is 0 Å². The Morgan fingerprint density at radius 1 is 1.26 bits per heavy atom. The predicted molar refractivity (Wildman–Crippen MR) is 109 cm³/mol. The van der Waals surface area contributed by atoms with E-state index in [1.165, 1.54) is 22.3 Å². The Labute approximate surface area is 160 Å². The number of hydrogen-bond acceptors (Lipinski definition) is 2. The van der Waals surface area contributed by atoms with Crippen molar-refractivity contribution in [2.24, 2.45) is 0 Å². The van der Waals surface area contributed by atoms with E-state index in [0.29, 0.717) is 12.3 Å². The molecule has 1 aliphatic carbocycles. The van der Waals surface area contributed by atoms with Crippen LogP contribution < -0.4 is 5.32 Å². The molecule has 2 aromatic carbocycles. The van der Waals surface area contributed by atoms with Gasteiger partial charge in [-0.1, -0.05) is 38.1 Å². The first kappa shape index (κ1) is 17.8. The van der Waals surface area contributed by atoms with Crippen LogP contribution in [0.4, 0.5) is 0 Å². The lowest BCUT2D eigenvalue weighted by molar-refractivity contribution is -0.121. The lowest BCUT2D eigenvalue weighted by Crippen LogP contribution is -2.32. The number of hydrogen-bond donors (Lipinski definition) is 1. The normalized spacial score (nSPS) is 16.5. The van der Waals surface area contributed by atoms with E-state index in [2.05, 4.69) is 62.5 Å². The number of nitrogens with one attached hydrogen (secondary N) is 1. The molecule has 3 heteroatoms. The summed E-state index contributed by atoms with van der Waals surface area (Å²) >= 11 is 0. The second kappa shape index (κ2) is 7.22. The summed E-state index contributed by atoms with van der Waals surface area (Å²) in [5, 5.41) is 4.30. The molecule has 3 aromatic rings. The van der Waals surface area contributed by atoms with Crippen LogP contribution in [-0.2, 0) is 17.6 Å². The first-order chi connectivity index (χ1) is 13.0. The fourth-order valence-corrected chi connectivity index (χ4v) is 4.33. The van der Waals surface area contributed by atoms with Gasteiger partial charge in [-0.3, -0.25) is 4.79 Å². The third kappa shape index (κ3) is 3.51. The minimum atomic E-state index is 0.0612. The lowest BCUT2D eigenvalue weighted by atomic mass is 9.87. The van der Waals surface area contributed by atoms with E-state index < -0.39 is 0 Å². The van der Waals surface area contributed by atoms with Crippen LogP contribution in [0.3, 0.4) is 0 Å². The van der Waals surface area contributed by atoms with Crippen molar-refractivity contribution < 1.29 is 9.21 Å². The molecule has 0 saturated carbocycles. The van der Waals surface area contributed by atoms with Gasteiger partial charge in [0.2, 0.25) is 5.91 Å². The maximum absolute atomic E-state index is 12.8. The number of furan rings is 1. The van der Waals surface area contributed by atoms with Gasteiger partial charge in [0, 0.05) is 10.9 Å². The summed E-state index contributed by atoms with van der Waals surface area (Å²) in [5.74, 6) is 0.510. The summed E-state index contributed by atoms with van der Waals surface area (Å²) in [6.07, 6.45) is 5.32. The summed E-state index contributed by atoms with van der Waals surface area (Å²) in [4.78, 5) is 12.8. The van der Waals surface area contributed by atoms with Gasteiger partial charge < -0.3 is 9.73 Å². The van der Waals surface area contributed by atoms with Crippen molar-refractivity contribution >= 4 is 16.9 Å². The molecule has 0 fully saturated rings. The SMILES string of the molecule is Cc1cc2occ(CC(=O)N[C@@H]3CCCc4ccccc43)c2cc1C(C)C. The molecular weight excluding hydrogens is 334 g/mol. The second-order valence-corrected chi connectivity index (χ2v) is 8.01. The van der Waals surface area contributed by atoms with Crippen molar-refractivity contribution in [3.05, 3.63) is 70.5 Å². The second-order valence-electron chi connectivity index (χ2n) is 8.01. The number of fused-ring (bicyclic) bond motifs is 2. The monoisotopic (exact) mass is 361 g/mol. The summed E-state index contributed by atoms with van der Waals surface area (Å²) in [6, 6.07) is 12.9. The first-order valence-corrected chi connectivity index (χ1v) is 9.90. The van der Waals surface area contributed by atoms with Gasteiger partial charge in [-0.15, -0.1) is 0 Å². The van der Waals surface area contributed by atoms with Crippen LogP contribution in [0.25, 0.3) is 11.0 Å². The number of carbonyl (C=O) groups excluding carboxylic acids is 1. The zero-order chi connectivity index (χ0) is 19.0. The molecule has 1 amide bonds. The molecule has 1 atom stereocenters. The zero-order valence-corrected chi connectivity index (χ0v) is 16.3. The molecule has 0 unspecified atom stereocenters. The van der Waals surface area contributed by atoms with Gasteiger partial charge in [-0.25, -0.2) is 0 Å². The third-order valence-electron chi connectivity index (χ3n) is 5.72. The summed E-state index contributed by atoms with van der Waals surface area (Å²) < 4.78 is 5.73. The molecule has 1 aliphatic rings. The standard InChI is InChI=1S/C24H27NO2/c1-15(2)20-13-21-18(14-27-23(21)11-16(20)3)12-24(26)25-22-10-6-8-17-7-4-5-9-19(17)22/h4-5,7,9,11,13-15,22H,6,8,10,12H2,1-3H3,(H,25,26)/t22-/m1/s1. The maximum Gasteiger partial charge on any atom is 0.225 e. The molecule has 4 rings (SSSR count). The third-order valence-corrected chi connectivity index (χ3v) is 5.72. The van der Waals surface area contributed by atoms with E-state index in [9.17, 15) is 4.79 Å². The summed E-state index contributed by atoms with van der Waals surface area (Å²) in [5.41, 5.74) is 7.01. The van der Waals surface area contributed by atoms with Crippen LogP contribution in [0.15, 0.2) is 47.1 Å². The maximum atomic E-state index is 12.8. The van der Waals surface area contributed by atoms with E-state index >= 15 is 0 Å². The van der Waals surface area contributed by atoms with Crippen LogP contribution >= 0.6 is 0 Å². The van der Waals surface area contributed by atoms with Crippen LogP contribution in [0, 0.1) is 6.92 Å². The van der Waals surface area contributed by atoms with Gasteiger partial charge in [0.25, 0.3) is 0 Å². The first-order valence-electron chi connectivity index (χ1n) is 9.90. The molecule has 140 valence electrons. The van der Waals surface area contributed by atoms with Gasteiger partial charge in [-0.2, -0.15) is 0 Å². The molecule has 1 N–H and O–H groups in total. The number of amides is 1. The molecule has 0 radical (unpaired) electrons. The predicted octanol–water partition coefficient (Wildman–Crippen LogP) is 5.60. The van der Waals surface area contributed by atoms with E-state index in [0.717, 1.165) is 35.8 Å². The lowest BCUT2D eigenvalue weighted by Gasteiger charge is -2.26.